The lowest BCUT2D eigenvalue weighted by Crippen LogP contribution is -2.50. The van der Waals surface area contributed by atoms with E-state index in [4.69, 9.17) is 0 Å². The van der Waals surface area contributed by atoms with Gasteiger partial charge in [-0.25, -0.2) is 0 Å². The highest BCUT2D eigenvalue weighted by molar-refractivity contribution is 5.74. The number of carbonyl (C=O) groups is 1. The minimum Gasteiger partial charge on any atom is -0.481 e. The highest BCUT2D eigenvalue weighted by Gasteiger charge is 2.39. The van der Waals surface area contributed by atoms with Gasteiger partial charge in [-0.15, -0.1) is 0 Å². The lowest BCUT2D eigenvalue weighted by molar-refractivity contribution is -0.152. The third-order valence-corrected chi connectivity index (χ3v) is 4.29. The molecule has 94 valence electrons. The maximum absolute atomic E-state index is 11.3. The first-order valence-electron chi connectivity index (χ1n) is 6.38. The summed E-state index contributed by atoms with van der Waals surface area (Å²) < 4.78 is 0. The quantitative estimate of drug-likeness (QED) is 0.802. The van der Waals surface area contributed by atoms with E-state index in [1.165, 1.54) is 0 Å². The number of nitrogens with zero attached hydrogens (tertiary/aromatic N) is 1. The minimum atomic E-state index is -0.645. The van der Waals surface area contributed by atoms with Gasteiger partial charge in [0.1, 0.15) is 0 Å². The Morgan fingerprint density at radius 1 is 1.50 bits per heavy atom. The molecule has 3 atom stereocenters. The van der Waals surface area contributed by atoms with Crippen molar-refractivity contribution >= 4 is 5.97 Å². The first-order valence-corrected chi connectivity index (χ1v) is 6.38. The predicted octanol–water partition coefficient (Wildman–Crippen LogP) is 2.61. The molecule has 3 unspecified atom stereocenters. The molecule has 1 rings (SSSR count). The number of hydrogen-bond donors (Lipinski definition) is 1. The summed E-state index contributed by atoms with van der Waals surface area (Å²) in [5.74, 6) is -0.00954. The molecule has 1 heterocycles. The molecule has 0 aromatic rings. The molecule has 0 aliphatic carbocycles. The summed E-state index contributed by atoms with van der Waals surface area (Å²) in [7, 11) is 0. The zero-order valence-electron chi connectivity index (χ0n) is 11.0. The normalized spacial score (nSPS) is 31.0. The van der Waals surface area contributed by atoms with Gasteiger partial charge in [0.2, 0.25) is 0 Å². The van der Waals surface area contributed by atoms with Gasteiger partial charge in [-0.3, -0.25) is 9.69 Å². The summed E-state index contributed by atoms with van der Waals surface area (Å²) in [5.41, 5.74) is -0.542. The molecule has 1 saturated heterocycles. The molecule has 1 N–H and O–H groups in total. The molecule has 16 heavy (non-hydrogen) atoms. The van der Waals surface area contributed by atoms with Crippen LogP contribution in [-0.4, -0.2) is 35.1 Å². The van der Waals surface area contributed by atoms with Crippen LogP contribution in [0.2, 0.25) is 0 Å². The summed E-state index contributed by atoms with van der Waals surface area (Å²) in [6, 6.07) is 0.490. The molecule has 1 aliphatic heterocycles. The van der Waals surface area contributed by atoms with Crippen LogP contribution in [0.5, 0.6) is 0 Å². The molecule has 0 bridgehead atoms. The van der Waals surface area contributed by atoms with Gasteiger partial charge in [-0.1, -0.05) is 20.3 Å². The van der Waals surface area contributed by atoms with E-state index in [-0.39, 0.29) is 0 Å². The molecule has 0 aromatic carbocycles. The second-order valence-corrected chi connectivity index (χ2v) is 5.57. The standard InChI is InChI=1S/C13H25NO2/c1-5-10(2)11(3)14-8-6-7-13(4,9-14)12(15)16/h10-11H,5-9H2,1-4H3,(H,15,16). The Labute approximate surface area is 98.8 Å². The highest BCUT2D eigenvalue weighted by Crippen LogP contribution is 2.32. The lowest BCUT2D eigenvalue weighted by atomic mass is 9.80. The average Bonchev–Trinajstić information content (AvgIpc) is 2.27. The van der Waals surface area contributed by atoms with Crippen molar-refractivity contribution in [1.29, 1.82) is 0 Å². The summed E-state index contributed by atoms with van der Waals surface area (Å²) in [5, 5.41) is 9.27. The second kappa shape index (κ2) is 5.17. The number of likely N-dealkylation sites (tertiary alicyclic amines) is 1. The largest absolute Gasteiger partial charge is 0.481 e. The van der Waals surface area contributed by atoms with Crippen molar-refractivity contribution < 1.29 is 9.90 Å². The van der Waals surface area contributed by atoms with E-state index in [1.807, 2.05) is 6.92 Å². The van der Waals surface area contributed by atoms with Crippen LogP contribution in [-0.2, 0) is 4.79 Å². The summed E-state index contributed by atoms with van der Waals surface area (Å²) in [6.07, 6.45) is 2.97. The van der Waals surface area contributed by atoms with E-state index in [9.17, 15) is 9.90 Å². The van der Waals surface area contributed by atoms with Crippen LogP contribution >= 0.6 is 0 Å². The van der Waals surface area contributed by atoms with Crippen molar-refractivity contribution in [3.63, 3.8) is 0 Å². The molecular weight excluding hydrogens is 202 g/mol. The summed E-state index contributed by atoms with van der Waals surface area (Å²) in [6.45, 7) is 10.3. The Balaban J connectivity index is 2.67. The van der Waals surface area contributed by atoms with Crippen LogP contribution in [0.3, 0.4) is 0 Å². The fourth-order valence-corrected chi connectivity index (χ4v) is 2.50. The molecule has 0 spiro atoms. The maximum atomic E-state index is 11.3. The monoisotopic (exact) mass is 227 g/mol. The molecular formula is C13H25NO2. The van der Waals surface area contributed by atoms with Gasteiger partial charge >= 0.3 is 5.97 Å². The first kappa shape index (κ1) is 13.5. The van der Waals surface area contributed by atoms with Crippen molar-refractivity contribution in [3.8, 4) is 0 Å². The van der Waals surface area contributed by atoms with Gasteiger partial charge in [0.15, 0.2) is 0 Å². The number of carboxylic acids is 1. The Morgan fingerprint density at radius 3 is 2.62 bits per heavy atom. The van der Waals surface area contributed by atoms with Crippen molar-refractivity contribution in [1.82, 2.24) is 4.90 Å². The number of rotatable bonds is 4. The zero-order chi connectivity index (χ0) is 12.3. The smallest absolute Gasteiger partial charge is 0.310 e. The van der Waals surface area contributed by atoms with E-state index in [1.54, 1.807) is 0 Å². The van der Waals surface area contributed by atoms with Crippen molar-refractivity contribution in [2.24, 2.45) is 11.3 Å². The molecule has 3 nitrogen and oxygen atoms in total. The van der Waals surface area contributed by atoms with Crippen LogP contribution in [0.25, 0.3) is 0 Å². The van der Waals surface area contributed by atoms with Gasteiger partial charge in [-0.2, -0.15) is 0 Å². The van der Waals surface area contributed by atoms with Crippen molar-refractivity contribution in [3.05, 3.63) is 0 Å². The minimum absolute atomic E-state index is 0.490. The van der Waals surface area contributed by atoms with Crippen LogP contribution in [0.15, 0.2) is 0 Å². The Kier molecular flexibility index (Phi) is 4.36. The third kappa shape index (κ3) is 2.76. The van der Waals surface area contributed by atoms with Crippen LogP contribution in [0.4, 0.5) is 0 Å². The summed E-state index contributed by atoms with van der Waals surface area (Å²) >= 11 is 0. The molecule has 3 heteroatoms. The topological polar surface area (TPSA) is 40.5 Å². The predicted molar refractivity (Wildman–Crippen MR) is 65.5 cm³/mol. The molecule has 0 saturated carbocycles. The van der Waals surface area contributed by atoms with E-state index < -0.39 is 11.4 Å². The number of carboxylic acid groups (broad SMARTS) is 1. The zero-order valence-corrected chi connectivity index (χ0v) is 11.0. The van der Waals surface area contributed by atoms with E-state index in [0.29, 0.717) is 18.5 Å². The second-order valence-electron chi connectivity index (χ2n) is 5.57. The van der Waals surface area contributed by atoms with E-state index in [0.717, 1.165) is 25.8 Å². The van der Waals surface area contributed by atoms with Gasteiger partial charge < -0.3 is 5.11 Å². The maximum Gasteiger partial charge on any atom is 0.310 e. The SMILES string of the molecule is CCC(C)C(C)N1CCCC(C)(C(=O)O)C1. The Bertz CT molecular complexity index is 254. The molecule has 0 aromatic heterocycles. The fraction of sp³-hybridized carbons (Fsp3) is 0.923. The summed E-state index contributed by atoms with van der Waals surface area (Å²) in [4.78, 5) is 13.6. The molecule has 1 aliphatic rings. The van der Waals surface area contributed by atoms with Crippen LogP contribution in [0.1, 0.15) is 47.0 Å². The molecule has 0 amide bonds. The van der Waals surface area contributed by atoms with Gasteiger partial charge in [-0.05, 0) is 39.2 Å². The average molecular weight is 227 g/mol. The Hall–Kier alpha value is -0.570. The van der Waals surface area contributed by atoms with Crippen LogP contribution in [0, 0.1) is 11.3 Å². The lowest BCUT2D eigenvalue weighted by Gasteiger charge is -2.42. The van der Waals surface area contributed by atoms with Gasteiger partial charge in [0, 0.05) is 12.6 Å². The Morgan fingerprint density at radius 2 is 2.12 bits per heavy atom. The molecule has 1 fully saturated rings. The van der Waals surface area contributed by atoms with Crippen molar-refractivity contribution in [2.45, 2.75) is 53.0 Å². The highest BCUT2D eigenvalue weighted by atomic mass is 16.4. The molecule has 0 radical (unpaired) electrons. The van der Waals surface area contributed by atoms with Crippen LogP contribution < -0.4 is 0 Å². The first-order chi connectivity index (χ1) is 7.40. The van der Waals surface area contributed by atoms with Crippen molar-refractivity contribution in [2.75, 3.05) is 13.1 Å². The number of hydrogen-bond acceptors (Lipinski definition) is 2. The van der Waals surface area contributed by atoms with E-state index >= 15 is 0 Å². The fourth-order valence-electron chi connectivity index (χ4n) is 2.50. The van der Waals surface area contributed by atoms with Gasteiger partial charge in [0.25, 0.3) is 0 Å². The van der Waals surface area contributed by atoms with E-state index in [2.05, 4.69) is 25.7 Å². The number of aliphatic carboxylic acids is 1. The number of piperidine rings is 1. The third-order valence-electron chi connectivity index (χ3n) is 4.29. The van der Waals surface area contributed by atoms with Gasteiger partial charge in [0.05, 0.1) is 5.41 Å².